The summed E-state index contributed by atoms with van der Waals surface area (Å²) in [6.07, 6.45) is 0.488. The van der Waals surface area contributed by atoms with Crippen LogP contribution in [0.25, 0.3) is 11.1 Å². The summed E-state index contributed by atoms with van der Waals surface area (Å²) in [5.41, 5.74) is 1.01. The van der Waals surface area contributed by atoms with Crippen molar-refractivity contribution in [3.63, 3.8) is 0 Å². The second-order valence-corrected chi connectivity index (χ2v) is 4.59. The first kappa shape index (κ1) is 16.5. The molecule has 23 heavy (non-hydrogen) atoms. The highest BCUT2D eigenvalue weighted by Crippen LogP contribution is 2.31. The lowest BCUT2D eigenvalue weighted by Gasteiger charge is -2.07. The SMILES string of the molecule is CCOC(=O)c1[nH]c(C=O)c(C(=O)OCC)c1-c1ccccc1. The predicted molar refractivity (Wildman–Crippen MR) is 83.5 cm³/mol. The van der Waals surface area contributed by atoms with E-state index in [1.54, 1.807) is 38.1 Å². The molecule has 0 saturated carbocycles. The van der Waals surface area contributed by atoms with Crippen molar-refractivity contribution in [3.8, 4) is 11.1 Å². The summed E-state index contributed by atoms with van der Waals surface area (Å²) < 4.78 is 10.0. The van der Waals surface area contributed by atoms with Crippen LogP contribution in [0.1, 0.15) is 45.2 Å². The first-order valence-electron chi connectivity index (χ1n) is 7.24. The highest BCUT2D eigenvalue weighted by Gasteiger charge is 2.28. The first-order chi connectivity index (χ1) is 11.1. The lowest BCUT2D eigenvalue weighted by atomic mass is 10.00. The molecule has 0 fully saturated rings. The summed E-state index contributed by atoms with van der Waals surface area (Å²) in [5.74, 6) is -1.30. The fourth-order valence-electron chi connectivity index (χ4n) is 2.27. The molecule has 1 heterocycles. The molecule has 1 N–H and O–H groups in total. The number of nitrogens with one attached hydrogen (secondary N) is 1. The molecule has 0 aliphatic rings. The Morgan fingerprint density at radius 3 is 2.22 bits per heavy atom. The molecular formula is C17H17NO5. The van der Waals surface area contributed by atoms with Gasteiger partial charge in [0.25, 0.3) is 0 Å². The molecule has 0 amide bonds. The molecule has 0 saturated heterocycles. The fourth-order valence-corrected chi connectivity index (χ4v) is 2.27. The number of aromatic nitrogens is 1. The van der Waals surface area contributed by atoms with E-state index in [0.29, 0.717) is 17.4 Å². The van der Waals surface area contributed by atoms with Gasteiger partial charge in [0.05, 0.1) is 24.5 Å². The number of carbonyl (C=O) groups is 3. The zero-order valence-electron chi connectivity index (χ0n) is 12.9. The Hall–Kier alpha value is -2.89. The quantitative estimate of drug-likeness (QED) is 0.654. The summed E-state index contributed by atoms with van der Waals surface area (Å²) >= 11 is 0. The van der Waals surface area contributed by atoms with Crippen molar-refractivity contribution < 1.29 is 23.9 Å². The molecular weight excluding hydrogens is 298 g/mol. The van der Waals surface area contributed by atoms with Gasteiger partial charge in [-0.05, 0) is 19.4 Å². The van der Waals surface area contributed by atoms with Gasteiger partial charge in [0.2, 0.25) is 0 Å². The Labute approximate surface area is 133 Å². The van der Waals surface area contributed by atoms with E-state index in [1.807, 2.05) is 6.07 Å². The van der Waals surface area contributed by atoms with Gasteiger partial charge < -0.3 is 14.5 Å². The van der Waals surface area contributed by atoms with Gasteiger partial charge in [-0.25, -0.2) is 9.59 Å². The van der Waals surface area contributed by atoms with Gasteiger partial charge in [-0.1, -0.05) is 30.3 Å². The van der Waals surface area contributed by atoms with Crippen LogP contribution in [0.2, 0.25) is 0 Å². The van der Waals surface area contributed by atoms with E-state index >= 15 is 0 Å². The lowest BCUT2D eigenvalue weighted by molar-refractivity contribution is 0.0518. The number of benzene rings is 1. The summed E-state index contributed by atoms with van der Waals surface area (Å²) in [5, 5.41) is 0. The van der Waals surface area contributed by atoms with Crippen LogP contribution in [0.4, 0.5) is 0 Å². The minimum atomic E-state index is -0.666. The smallest absolute Gasteiger partial charge is 0.355 e. The van der Waals surface area contributed by atoms with Gasteiger partial charge >= 0.3 is 11.9 Å². The maximum absolute atomic E-state index is 12.3. The fraction of sp³-hybridized carbons (Fsp3) is 0.235. The minimum Gasteiger partial charge on any atom is -0.462 e. The summed E-state index contributed by atoms with van der Waals surface area (Å²) in [4.78, 5) is 38.4. The first-order valence-corrected chi connectivity index (χ1v) is 7.24. The van der Waals surface area contributed by atoms with E-state index in [0.717, 1.165) is 0 Å². The normalized spacial score (nSPS) is 10.2. The standard InChI is InChI=1S/C17H17NO5/c1-3-22-16(20)14-12(10-19)18-15(17(21)23-4-2)13(14)11-8-6-5-7-9-11/h5-10,18H,3-4H2,1-2H3. The molecule has 2 rings (SSSR count). The number of aromatic amines is 1. The second kappa shape index (κ2) is 7.40. The van der Waals surface area contributed by atoms with Crippen molar-refractivity contribution in [2.45, 2.75) is 13.8 Å². The molecule has 0 atom stereocenters. The molecule has 1 aromatic heterocycles. The highest BCUT2D eigenvalue weighted by molar-refractivity contribution is 6.10. The van der Waals surface area contributed by atoms with Crippen LogP contribution in [0, 0.1) is 0 Å². The molecule has 0 aliphatic heterocycles. The molecule has 6 nitrogen and oxygen atoms in total. The van der Waals surface area contributed by atoms with Crippen LogP contribution in [-0.2, 0) is 9.47 Å². The number of hydrogen-bond acceptors (Lipinski definition) is 5. The monoisotopic (exact) mass is 315 g/mol. The third-order valence-corrected chi connectivity index (χ3v) is 3.17. The number of H-pyrrole nitrogens is 1. The maximum atomic E-state index is 12.3. The highest BCUT2D eigenvalue weighted by atomic mass is 16.5. The zero-order chi connectivity index (χ0) is 16.8. The molecule has 1 aromatic carbocycles. The van der Waals surface area contributed by atoms with E-state index in [1.165, 1.54) is 0 Å². The van der Waals surface area contributed by atoms with Crippen LogP contribution < -0.4 is 0 Å². The average molecular weight is 315 g/mol. The number of rotatable bonds is 6. The van der Waals surface area contributed by atoms with Gasteiger partial charge in [-0.2, -0.15) is 0 Å². The molecule has 2 aromatic rings. The maximum Gasteiger partial charge on any atom is 0.355 e. The van der Waals surface area contributed by atoms with Crippen molar-refractivity contribution in [3.05, 3.63) is 47.3 Å². The van der Waals surface area contributed by atoms with Crippen molar-refractivity contribution >= 4 is 18.2 Å². The molecule has 0 bridgehead atoms. The van der Waals surface area contributed by atoms with Crippen LogP contribution in [0.15, 0.2) is 30.3 Å². The number of carbonyl (C=O) groups excluding carboxylic acids is 3. The van der Waals surface area contributed by atoms with Crippen LogP contribution in [0.3, 0.4) is 0 Å². The lowest BCUT2D eigenvalue weighted by Crippen LogP contribution is -2.09. The van der Waals surface area contributed by atoms with E-state index in [4.69, 9.17) is 9.47 Å². The topological polar surface area (TPSA) is 85.5 Å². The van der Waals surface area contributed by atoms with Gasteiger partial charge in [-0.3, -0.25) is 4.79 Å². The predicted octanol–water partition coefficient (Wildman–Crippen LogP) is 2.85. The molecule has 0 radical (unpaired) electrons. The van der Waals surface area contributed by atoms with Crippen molar-refractivity contribution in [1.82, 2.24) is 4.98 Å². The van der Waals surface area contributed by atoms with E-state index in [2.05, 4.69) is 4.98 Å². The van der Waals surface area contributed by atoms with Crippen molar-refractivity contribution in [2.75, 3.05) is 13.2 Å². The van der Waals surface area contributed by atoms with Crippen molar-refractivity contribution in [2.24, 2.45) is 0 Å². The Morgan fingerprint density at radius 2 is 1.65 bits per heavy atom. The average Bonchev–Trinajstić information content (AvgIpc) is 2.96. The molecule has 0 aliphatic carbocycles. The molecule has 120 valence electrons. The second-order valence-electron chi connectivity index (χ2n) is 4.59. The van der Waals surface area contributed by atoms with Gasteiger partial charge in [0.15, 0.2) is 6.29 Å². The Morgan fingerprint density at radius 1 is 1.04 bits per heavy atom. The molecule has 6 heteroatoms. The number of aldehydes is 1. The van der Waals surface area contributed by atoms with Gasteiger partial charge in [0, 0.05) is 5.56 Å². The number of ether oxygens (including phenoxy) is 2. The van der Waals surface area contributed by atoms with Crippen LogP contribution in [0.5, 0.6) is 0 Å². The number of hydrogen-bond donors (Lipinski definition) is 1. The number of esters is 2. The van der Waals surface area contributed by atoms with Crippen molar-refractivity contribution in [1.29, 1.82) is 0 Å². The van der Waals surface area contributed by atoms with Crippen LogP contribution in [-0.4, -0.2) is 36.4 Å². The van der Waals surface area contributed by atoms with E-state index < -0.39 is 11.9 Å². The van der Waals surface area contributed by atoms with Gasteiger partial charge in [0.1, 0.15) is 5.69 Å². The Kier molecular flexibility index (Phi) is 5.30. The Balaban J connectivity index is 2.71. The molecule has 0 spiro atoms. The minimum absolute atomic E-state index is 0.00893. The van der Waals surface area contributed by atoms with E-state index in [9.17, 15) is 14.4 Å². The third kappa shape index (κ3) is 3.31. The van der Waals surface area contributed by atoms with Gasteiger partial charge in [-0.15, -0.1) is 0 Å². The van der Waals surface area contributed by atoms with Crippen LogP contribution >= 0.6 is 0 Å². The summed E-state index contributed by atoms with van der Waals surface area (Å²) in [7, 11) is 0. The summed E-state index contributed by atoms with van der Waals surface area (Å²) in [6.45, 7) is 3.68. The zero-order valence-corrected chi connectivity index (χ0v) is 12.9. The molecule has 0 unspecified atom stereocenters. The van der Waals surface area contributed by atoms with E-state index in [-0.39, 0.29) is 30.2 Å². The third-order valence-electron chi connectivity index (χ3n) is 3.17. The largest absolute Gasteiger partial charge is 0.462 e. The summed E-state index contributed by atoms with van der Waals surface area (Å²) in [6, 6.07) is 8.83. The Bertz CT molecular complexity index is 718.